The van der Waals surface area contributed by atoms with Crippen molar-refractivity contribution < 1.29 is 4.74 Å². The van der Waals surface area contributed by atoms with E-state index < -0.39 is 0 Å². The zero-order valence-electron chi connectivity index (χ0n) is 18.3. The number of hydrogen-bond donors (Lipinski definition) is 2. The Morgan fingerprint density at radius 3 is 2.56 bits per heavy atom. The van der Waals surface area contributed by atoms with Crippen LogP contribution in [-0.2, 0) is 6.61 Å². The van der Waals surface area contributed by atoms with Gasteiger partial charge in [-0.2, -0.15) is 5.10 Å². The number of aromatic amines is 2. The molecule has 0 bridgehead atoms. The molecule has 0 aliphatic heterocycles. The number of nitrogens with one attached hydrogen (secondary N) is 2. The Balaban J connectivity index is 1.28. The molecule has 4 aromatic heterocycles. The van der Waals surface area contributed by atoms with E-state index >= 15 is 0 Å². The Kier molecular flexibility index (Phi) is 5.09. The van der Waals surface area contributed by atoms with Crippen LogP contribution in [0.15, 0.2) is 104 Å². The lowest BCUT2D eigenvalue weighted by Gasteiger charge is -2.07. The highest BCUT2D eigenvalue weighted by Crippen LogP contribution is 2.32. The summed E-state index contributed by atoms with van der Waals surface area (Å²) in [5.41, 5.74) is 7.73. The molecule has 0 saturated heterocycles. The highest BCUT2D eigenvalue weighted by Gasteiger charge is 2.13. The molecule has 6 heteroatoms. The van der Waals surface area contributed by atoms with Gasteiger partial charge in [0.05, 0.1) is 23.3 Å². The summed E-state index contributed by atoms with van der Waals surface area (Å²) in [7, 11) is 0. The van der Waals surface area contributed by atoms with Gasteiger partial charge in [0, 0.05) is 34.4 Å². The van der Waals surface area contributed by atoms with Gasteiger partial charge in [-0.1, -0.05) is 48.5 Å². The molecule has 2 aromatic carbocycles. The fourth-order valence-electron chi connectivity index (χ4n) is 4.03. The summed E-state index contributed by atoms with van der Waals surface area (Å²) in [6, 6.07) is 28.3. The molecule has 6 nitrogen and oxygen atoms in total. The van der Waals surface area contributed by atoms with Crippen LogP contribution in [0, 0.1) is 0 Å². The number of ether oxygens (including phenoxy) is 1. The van der Waals surface area contributed by atoms with Gasteiger partial charge in [-0.15, -0.1) is 0 Å². The van der Waals surface area contributed by atoms with E-state index in [2.05, 4.69) is 43.3 Å². The van der Waals surface area contributed by atoms with E-state index in [1.54, 1.807) is 12.4 Å². The van der Waals surface area contributed by atoms with Crippen LogP contribution in [0.3, 0.4) is 0 Å². The quantitative estimate of drug-likeness (QED) is 0.318. The molecule has 2 N–H and O–H groups in total. The molecular formula is C28H21N5O. The summed E-state index contributed by atoms with van der Waals surface area (Å²) in [5, 5.41) is 8.79. The number of hydrogen-bond acceptors (Lipinski definition) is 4. The van der Waals surface area contributed by atoms with Gasteiger partial charge in [-0.25, -0.2) is 0 Å². The van der Waals surface area contributed by atoms with Gasteiger partial charge in [-0.3, -0.25) is 15.1 Å². The van der Waals surface area contributed by atoms with E-state index in [0.717, 1.165) is 50.4 Å². The third kappa shape index (κ3) is 3.93. The predicted molar refractivity (Wildman–Crippen MR) is 133 cm³/mol. The maximum Gasteiger partial charge on any atom is 0.138 e. The lowest BCUT2D eigenvalue weighted by Crippen LogP contribution is -1.95. The minimum absolute atomic E-state index is 0.494. The first-order chi connectivity index (χ1) is 16.8. The van der Waals surface area contributed by atoms with Crippen LogP contribution in [0.1, 0.15) is 5.56 Å². The highest BCUT2D eigenvalue weighted by atomic mass is 16.5. The zero-order valence-corrected chi connectivity index (χ0v) is 18.3. The van der Waals surface area contributed by atoms with E-state index in [-0.39, 0.29) is 0 Å². The summed E-state index contributed by atoms with van der Waals surface area (Å²) in [5.74, 6) is 0.711. The van der Waals surface area contributed by atoms with Crippen LogP contribution >= 0.6 is 0 Å². The Bertz CT molecular complexity index is 1550. The van der Waals surface area contributed by atoms with Crippen LogP contribution in [0.5, 0.6) is 5.75 Å². The standard InChI is InChI=1S/C28H21N5O/c1-2-7-19(8-3-1)18-34-21-13-20(16-29-17-21)26-15-28(33-32-26)27-14-23-22(9-6-11-25(23)31-27)24-10-4-5-12-30-24/h1-17,31H,18H2,(H,32,33). The number of H-pyrrole nitrogens is 2. The third-order valence-corrected chi connectivity index (χ3v) is 5.73. The van der Waals surface area contributed by atoms with Crippen molar-refractivity contribution in [3.8, 4) is 39.7 Å². The van der Waals surface area contributed by atoms with Crippen molar-refractivity contribution in [3.63, 3.8) is 0 Å². The molecule has 0 saturated carbocycles. The summed E-state index contributed by atoms with van der Waals surface area (Å²) < 4.78 is 5.93. The maximum absolute atomic E-state index is 5.93. The number of rotatable bonds is 6. The van der Waals surface area contributed by atoms with Gasteiger partial charge in [0.25, 0.3) is 0 Å². The van der Waals surface area contributed by atoms with E-state index in [9.17, 15) is 0 Å². The van der Waals surface area contributed by atoms with Gasteiger partial charge < -0.3 is 9.72 Å². The van der Waals surface area contributed by atoms with Crippen molar-refractivity contribution >= 4 is 10.9 Å². The molecule has 6 rings (SSSR count). The van der Waals surface area contributed by atoms with Crippen LogP contribution in [0.25, 0.3) is 44.8 Å². The average molecular weight is 444 g/mol. The van der Waals surface area contributed by atoms with Gasteiger partial charge in [-0.05, 0) is 42.0 Å². The van der Waals surface area contributed by atoms with E-state index in [1.165, 1.54) is 0 Å². The number of aromatic nitrogens is 5. The molecular weight excluding hydrogens is 422 g/mol. The molecule has 0 radical (unpaired) electrons. The highest BCUT2D eigenvalue weighted by molar-refractivity contribution is 5.97. The summed E-state index contributed by atoms with van der Waals surface area (Å²) >= 11 is 0. The van der Waals surface area contributed by atoms with Crippen molar-refractivity contribution in [2.45, 2.75) is 6.61 Å². The van der Waals surface area contributed by atoms with Gasteiger partial charge in [0.15, 0.2) is 0 Å². The largest absolute Gasteiger partial charge is 0.487 e. The van der Waals surface area contributed by atoms with Crippen LogP contribution in [0.4, 0.5) is 0 Å². The number of fused-ring (bicyclic) bond motifs is 1. The molecule has 0 aliphatic rings. The molecule has 0 fully saturated rings. The first kappa shape index (κ1) is 19.9. The molecule has 4 heterocycles. The summed E-state index contributed by atoms with van der Waals surface area (Å²) in [4.78, 5) is 12.3. The Labute approximate surface area is 196 Å². The van der Waals surface area contributed by atoms with Gasteiger partial charge in [0.2, 0.25) is 0 Å². The molecule has 6 aromatic rings. The molecule has 0 amide bonds. The van der Waals surface area contributed by atoms with Crippen molar-refractivity contribution in [1.82, 2.24) is 25.1 Å². The summed E-state index contributed by atoms with van der Waals surface area (Å²) in [6.07, 6.45) is 5.34. The third-order valence-electron chi connectivity index (χ3n) is 5.73. The molecule has 34 heavy (non-hydrogen) atoms. The molecule has 0 spiro atoms. The maximum atomic E-state index is 5.93. The monoisotopic (exact) mass is 443 g/mol. The van der Waals surface area contributed by atoms with Crippen LogP contribution in [0.2, 0.25) is 0 Å². The minimum atomic E-state index is 0.494. The fraction of sp³-hybridized carbons (Fsp3) is 0.0357. The van der Waals surface area contributed by atoms with E-state index in [4.69, 9.17) is 4.74 Å². The average Bonchev–Trinajstić information content (AvgIpc) is 3.56. The topological polar surface area (TPSA) is 79.5 Å². The van der Waals surface area contributed by atoms with Crippen molar-refractivity contribution in [1.29, 1.82) is 0 Å². The fourth-order valence-corrected chi connectivity index (χ4v) is 4.03. The normalized spacial score (nSPS) is 11.1. The van der Waals surface area contributed by atoms with Crippen molar-refractivity contribution in [2.75, 3.05) is 0 Å². The second kappa shape index (κ2) is 8.67. The first-order valence-electron chi connectivity index (χ1n) is 11.0. The lowest BCUT2D eigenvalue weighted by atomic mass is 10.1. The zero-order chi connectivity index (χ0) is 22.7. The van der Waals surface area contributed by atoms with Gasteiger partial charge >= 0.3 is 0 Å². The lowest BCUT2D eigenvalue weighted by molar-refractivity contribution is 0.305. The predicted octanol–water partition coefficient (Wildman–Crippen LogP) is 6.26. The minimum Gasteiger partial charge on any atom is -0.487 e. The number of pyridine rings is 2. The van der Waals surface area contributed by atoms with Gasteiger partial charge in [0.1, 0.15) is 18.1 Å². The molecule has 0 unspecified atom stereocenters. The first-order valence-corrected chi connectivity index (χ1v) is 11.0. The second-order valence-corrected chi connectivity index (χ2v) is 8.02. The van der Waals surface area contributed by atoms with Crippen LogP contribution < -0.4 is 4.74 Å². The Morgan fingerprint density at radius 2 is 1.68 bits per heavy atom. The molecule has 164 valence electrons. The summed E-state index contributed by atoms with van der Waals surface area (Å²) in [6.45, 7) is 0.494. The Morgan fingerprint density at radius 1 is 0.765 bits per heavy atom. The number of nitrogens with zero attached hydrogens (tertiary/aromatic N) is 3. The Hall–Kier alpha value is -4.71. The van der Waals surface area contributed by atoms with Crippen LogP contribution in [-0.4, -0.2) is 25.1 Å². The molecule has 0 atom stereocenters. The second-order valence-electron chi connectivity index (χ2n) is 8.02. The van der Waals surface area contributed by atoms with Crippen molar-refractivity contribution in [3.05, 3.63) is 109 Å². The molecule has 0 aliphatic carbocycles. The van der Waals surface area contributed by atoms with E-state index in [0.29, 0.717) is 12.4 Å². The van der Waals surface area contributed by atoms with Crippen molar-refractivity contribution in [2.24, 2.45) is 0 Å². The smallest absolute Gasteiger partial charge is 0.138 e. The van der Waals surface area contributed by atoms with E-state index in [1.807, 2.05) is 72.9 Å². The SMILES string of the molecule is c1ccc(COc2cncc(-c3cc(-c4cc5c(-c6ccccn6)cccc5[nH]4)n[nH]3)c2)cc1. The number of benzene rings is 2.